The Kier molecular flexibility index (Phi) is 3.79. The highest BCUT2D eigenvalue weighted by Crippen LogP contribution is 2.18. The minimum atomic E-state index is -0.518. The molecular weight excluding hydrogens is 240 g/mol. The van der Waals surface area contributed by atoms with Crippen LogP contribution in [0.25, 0.3) is 0 Å². The molecule has 2 aromatic carbocycles. The van der Waals surface area contributed by atoms with Crippen molar-refractivity contribution in [1.29, 1.82) is 5.26 Å². The first-order chi connectivity index (χ1) is 9.20. The summed E-state index contributed by atoms with van der Waals surface area (Å²) in [5.74, 6) is -0.0604. The fourth-order valence-corrected chi connectivity index (χ4v) is 1.63. The van der Waals surface area contributed by atoms with Crippen molar-refractivity contribution >= 4 is 5.91 Å². The summed E-state index contributed by atoms with van der Waals surface area (Å²) in [6, 6.07) is 15.9. The molecule has 0 bridgehead atoms. The summed E-state index contributed by atoms with van der Waals surface area (Å²) in [5.41, 5.74) is 7.14. The maximum atomic E-state index is 11.2. The van der Waals surface area contributed by atoms with Crippen molar-refractivity contribution in [1.82, 2.24) is 0 Å². The number of amides is 1. The van der Waals surface area contributed by atoms with Gasteiger partial charge in [0, 0.05) is 0 Å². The number of ether oxygens (including phenoxy) is 1. The number of benzene rings is 2. The van der Waals surface area contributed by atoms with Gasteiger partial charge in [0.15, 0.2) is 0 Å². The van der Waals surface area contributed by atoms with Gasteiger partial charge in [0.2, 0.25) is 0 Å². The standard InChI is InChI=1S/C15H12N2O2/c16-9-11-5-7-12(8-6-11)10-19-14-4-2-1-3-13(14)15(17)18/h1-8H,10H2,(H2,17,18). The molecule has 4 heteroatoms. The zero-order valence-corrected chi connectivity index (χ0v) is 10.2. The lowest BCUT2D eigenvalue weighted by molar-refractivity contribution is 0.0996. The lowest BCUT2D eigenvalue weighted by Gasteiger charge is -2.09. The molecule has 1 amide bonds. The van der Waals surface area contributed by atoms with Gasteiger partial charge in [-0.05, 0) is 29.8 Å². The van der Waals surface area contributed by atoms with E-state index < -0.39 is 5.91 Å². The molecule has 0 aliphatic heterocycles. The second-order valence-electron chi connectivity index (χ2n) is 3.96. The average Bonchev–Trinajstić information content (AvgIpc) is 2.46. The van der Waals surface area contributed by atoms with E-state index in [2.05, 4.69) is 6.07 Å². The fourth-order valence-electron chi connectivity index (χ4n) is 1.63. The van der Waals surface area contributed by atoms with Crippen LogP contribution in [0.5, 0.6) is 5.75 Å². The van der Waals surface area contributed by atoms with Gasteiger partial charge in [-0.2, -0.15) is 5.26 Å². The molecule has 0 spiro atoms. The Hall–Kier alpha value is -2.80. The van der Waals surface area contributed by atoms with Crippen molar-refractivity contribution in [3.05, 3.63) is 65.2 Å². The molecule has 19 heavy (non-hydrogen) atoms. The lowest BCUT2D eigenvalue weighted by atomic mass is 10.1. The zero-order chi connectivity index (χ0) is 13.7. The number of nitrogens with two attached hydrogens (primary N) is 1. The normalized spacial score (nSPS) is 9.63. The minimum Gasteiger partial charge on any atom is -0.488 e. The van der Waals surface area contributed by atoms with Crippen LogP contribution in [-0.2, 0) is 6.61 Å². The smallest absolute Gasteiger partial charge is 0.252 e. The highest BCUT2D eigenvalue weighted by molar-refractivity contribution is 5.95. The molecule has 4 nitrogen and oxygen atoms in total. The van der Waals surface area contributed by atoms with Crippen LogP contribution < -0.4 is 10.5 Å². The number of nitriles is 1. The van der Waals surface area contributed by atoms with Gasteiger partial charge in [-0.15, -0.1) is 0 Å². The summed E-state index contributed by atoms with van der Waals surface area (Å²) >= 11 is 0. The SMILES string of the molecule is N#Cc1ccc(COc2ccccc2C(N)=O)cc1. The number of carbonyl (C=O) groups is 1. The fraction of sp³-hybridized carbons (Fsp3) is 0.0667. The molecule has 0 aromatic heterocycles. The first kappa shape index (κ1) is 12.7. The Bertz CT molecular complexity index is 627. The number of hydrogen-bond acceptors (Lipinski definition) is 3. The Balaban J connectivity index is 2.10. The molecule has 0 atom stereocenters. The van der Waals surface area contributed by atoms with E-state index in [1.165, 1.54) is 0 Å². The van der Waals surface area contributed by atoms with Gasteiger partial charge in [-0.25, -0.2) is 0 Å². The van der Waals surface area contributed by atoms with E-state index in [0.29, 0.717) is 23.5 Å². The molecular formula is C15H12N2O2. The van der Waals surface area contributed by atoms with Crippen LogP contribution >= 0.6 is 0 Å². The molecule has 0 heterocycles. The maximum Gasteiger partial charge on any atom is 0.252 e. The van der Waals surface area contributed by atoms with Crippen molar-refractivity contribution in [2.45, 2.75) is 6.61 Å². The molecule has 0 aliphatic carbocycles. The lowest BCUT2D eigenvalue weighted by Crippen LogP contribution is -2.12. The highest BCUT2D eigenvalue weighted by atomic mass is 16.5. The summed E-state index contributed by atoms with van der Waals surface area (Å²) < 4.78 is 5.57. The monoisotopic (exact) mass is 252 g/mol. The quantitative estimate of drug-likeness (QED) is 0.906. The molecule has 94 valence electrons. The van der Waals surface area contributed by atoms with E-state index in [1.54, 1.807) is 36.4 Å². The second kappa shape index (κ2) is 5.69. The Labute approximate surface area is 111 Å². The Morgan fingerprint density at radius 1 is 1.16 bits per heavy atom. The van der Waals surface area contributed by atoms with Gasteiger partial charge < -0.3 is 10.5 Å². The predicted octanol–water partition coefficient (Wildman–Crippen LogP) is 2.24. The third-order valence-corrected chi connectivity index (χ3v) is 2.63. The first-order valence-electron chi connectivity index (χ1n) is 5.71. The summed E-state index contributed by atoms with van der Waals surface area (Å²) in [6.07, 6.45) is 0. The van der Waals surface area contributed by atoms with Crippen molar-refractivity contribution < 1.29 is 9.53 Å². The van der Waals surface area contributed by atoms with Crippen LogP contribution in [0.1, 0.15) is 21.5 Å². The number of rotatable bonds is 4. The van der Waals surface area contributed by atoms with Crippen LogP contribution in [0.4, 0.5) is 0 Å². The summed E-state index contributed by atoms with van der Waals surface area (Å²) in [6.45, 7) is 0.315. The van der Waals surface area contributed by atoms with E-state index in [-0.39, 0.29) is 0 Å². The predicted molar refractivity (Wildman–Crippen MR) is 70.4 cm³/mol. The van der Waals surface area contributed by atoms with E-state index in [9.17, 15) is 4.79 Å². The number of primary amides is 1. The summed E-state index contributed by atoms with van der Waals surface area (Å²) in [5, 5.41) is 8.70. The number of carbonyl (C=O) groups excluding carboxylic acids is 1. The number of para-hydroxylation sites is 1. The summed E-state index contributed by atoms with van der Waals surface area (Å²) in [7, 11) is 0. The highest BCUT2D eigenvalue weighted by Gasteiger charge is 2.08. The van der Waals surface area contributed by atoms with E-state index in [0.717, 1.165) is 5.56 Å². The van der Waals surface area contributed by atoms with Crippen molar-refractivity contribution in [2.24, 2.45) is 5.73 Å². The van der Waals surface area contributed by atoms with Gasteiger partial charge in [0.1, 0.15) is 12.4 Å². The number of nitrogens with zero attached hydrogens (tertiary/aromatic N) is 1. The topological polar surface area (TPSA) is 76.1 Å². The van der Waals surface area contributed by atoms with Gasteiger partial charge in [0.05, 0.1) is 17.2 Å². The van der Waals surface area contributed by atoms with Crippen molar-refractivity contribution in [2.75, 3.05) is 0 Å². The van der Waals surface area contributed by atoms with E-state index in [1.807, 2.05) is 12.1 Å². The van der Waals surface area contributed by atoms with Crippen LogP contribution in [0.3, 0.4) is 0 Å². The minimum absolute atomic E-state index is 0.315. The molecule has 0 unspecified atom stereocenters. The van der Waals surface area contributed by atoms with Gasteiger partial charge in [-0.3, -0.25) is 4.79 Å². The molecule has 0 saturated carbocycles. The third kappa shape index (κ3) is 3.11. The third-order valence-electron chi connectivity index (χ3n) is 2.63. The second-order valence-corrected chi connectivity index (χ2v) is 3.96. The summed E-state index contributed by atoms with van der Waals surface area (Å²) in [4.78, 5) is 11.2. The van der Waals surface area contributed by atoms with Crippen molar-refractivity contribution in [3.8, 4) is 11.8 Å². The molecule has 2 N–H and O–H groups in total. The van der Waals surface area contributed by atoms with Crippen LogP contribution in [-0.4, -0.2) is 5.91 Å². The molecule has 0 radical (unpaired) electrons. The van der Waals surface area contributed by atoms with Crippen LogP contribution in [0, 0.1) is 11.3 Å². The Morgan fingerprint density at radius 3 is 2.47 bits per heavy atom. The molecule has 0 fully saturated rings. The van der Waals surface area contributed by atoms with Crippen LogP contribution in [0.15, 0.2) is 48.5 Å². The molecule has 0 aliphatic rings. The number of hydrogen-bond donors (Lipinski definition) is 1. The maximum absolute atomic E-state index is 11.2. The Morgan fingerprint density at radius 2 is 1.84 bits per heavy atom. The molecule has 2 rings (SSSR count). The van der Waals surface area contributed by atoms with E-state index >= 15 is 0 Å². The van der Waals surface area contributed by atoms with Crippen molar-refractivity contribution in [3.63, 3.8) is 0 Å². The zero-order valence-electron chi connectivity index (χ0n) is 10.2. The first-order valence-corrected chi connectivity index (χ1v) is 5.71. The van der Waals surface area contributed by atoms with Gasteiger partial charge >= 0.3 is 0 Å². The molecule has 0 saturated heterocycles. The molecule has 2 aromatic rings. The average molecular weight is 252 g/mol. The largest absolute Gasteiger partial charge is 0.488 e. The van der Waals surface area contributed by atoms with Gasteiger partial charge in [-0.1, -0.05) is 24.3 Å². The van der Waals surface area contributed by atoms with E-state index in [4.69, 9.17) is 15.7 Å². The van der Waals surface area contributed by atoms with Crippen LogP contribution in [0.2, 0.25) is 0 Å². The van der Waals surface area contributed by atoms with Gasteiger partial charge in [0.25, 0.3) is 5.91 Å².